The number of ether oxygens (including phenoxy) is 3. The van der Waals surface area contributed by atoms with Gasteiger partial charge in [0.2, 0.25) is 0 Å². The second kappa shape index (κ2) is 11.6. The standard InChI is InChI=1S/C32H25ClF3N3O5S/c1-41-31(40)29-23-10-8-19(12-27(23)45-38-29)39-14-18(15-39)21-11-9-20(13-25(21)33)42-16-24-28(37-44-30(24)17-6-7-17)22-4-2-3-5-26(22)43-32(34,35)36/h2-5,8-13,17-18H,6-7,14-16H2,1H3. The summed E-state index contributed by atoms with van der Waals surface area (Å²) in [6, 6.07) is 17.3. The molecule has 0 N–H and O–H groups in total. The summed E-state index contributed by atoms with van der Waals surface area (Å²) in [7, 11) is 1.34. The molecular weight excluding hydrogens is 631 g/mol. The minimum atomic E-state index is -4.85. The van der Waals surface area contributed by atoms with E-state index in [4.69, 9.17) is 25.6 Å². The Kier molecular flexibility index (Phi) is 7.57. The Hall–Kier alpha value is -4.29. The number of hydrogen-bond donors (Lipinski definition) is 0. The second-order valence-electron chi connectivity index (χ2n) is 11.0. The molecular formula is C32H25ClF3N3O5S. The zero-order valence-electron chi connectivity index (χ0n) is 23.8. The van der Waals surface area contributed by atoms with Crippen LogP contribution in [0.3, 0.4) is 0 Å². The molecule has 2 aliphatic rings. The first-order valence-corrected chi connectivity index (χ1v) is 15.3. The molecule has 3 aromatic carbocycles. The molecule has 8 nitrogen and oxygen atoms in total. The summed E-state index contributed by atoms with van der Waals surface area (Å²) in [4.78, 5) is 14.2. The number of hydrogen-bond acceptors (Lipinski definition) is 9. The maximum Gasteiger partial charge on any atom is 0.573 e. The molecule has 0 unspecified atom stereocenters. The van der Waals surface area contributed by atoms with Crippen LogP contribution in [0.1, 0.15) is 52.1 Å². The lowest BCUT2D eigenvalue weighted by Crippen LogP contribution is -2.45. The second-order valence-corrected chi connectivity index (χ2v) is 12.2. The lowest BCUT2D eigenvalue weighted by molar-refractivity contribution is -0.274. The molecule has 45 heavy (non-hydrogen) atoms. The van der Waals surface area contributed by atoms with Gasteiger partial charge in [0, 0.05) is 46.6 Å². The Labute approximate surface area is 264 Å². The van der Waals surface area contributed by atoms with E-state index in [9.17, 15) is 18.0 Å². The molecule has 3 heterocycles. The van der Waals surface area contributed by atoms with Crippen molar-refractivity contribution < 1.29 is 36.7 Å². The van der Waals surface area contributed by atoms with E-state index in [1.54, 1.807) is 12.1 Å². The van der Waals surface area contributed by atoms with Crippen LogP contribution in [0.5, 0.6) is 11.5 Å². The number of para-hydroxylation sites is 1. The Morgan fingerprint density at radius 3 is 2.62 bits per heavy atom. The summed E-state index contributed by atoms with van der Waals surface area (Å²) in [5, 5.41) is 5.46. The molecule has 0 spiro atoms. The lowest BCUT2D eigenvalue weighted by Gasteiger charge is -2.41. The van der Waals surface area contributed by atoms with Crippen molar-refractivity contribution in [2.24, 2.45) is 0 Å². The number of esters is 1. The van der Waals surface area contributed by atoms with Crippen molar-refractivity contribution in [3.63, 3.8) is 0 Å². The van der Waals surface area contributed by atoms with E-state index in [0.29, 0.717) is 27.8 Å². The molecule has 0 radical (unpaired) electrons. The highest BCUT2D eigenvalue weighted by molar-refractivity contribution is 7.13. The maximum atomic E-state index is 13.1. The van der Waals surface area contributed by atoms with Crippen LogP contribution in [0.4, 0.5) is 18.9 Å². The van der Waals surface area contributed by atoms with Crippen LogP contribution in [-0.2, 0) is 11.3 Å². The van der Waals surface area contributed by atoms with Crippen LogP contribution in [0, 0.1) is 0 Å². The van der Waals surface area contributed by atoms with Crippen molar-refractivity contribution >= 4 is 44.9 Å². The fraction of sp³-hybridized carbons (Fsp3) is 0.281. The number of alkyl halides is 3. The van der Waals surface area contributed by atoms with Crippen LogP contribution >= 0.6 is 23.1 Å². The van der Waals surface area contributed by atoms with Gasteiger partial charge in [-0.2, -0.15) is 4.37 Å². The molecule has 1 saturated carbocycles. The van der Waals surface area contributed by atoms with Gasteiger partial charge in [-0.05, 0) is 72.4 Å². The molecule has 0 bridgehead atoms. The zero-order chi connectivity index (χ0) is 31.3. The largest absolute Gasteiger partial charge is 0.573 e. The van der Waals surface area contributed by atoms with Crippen LogP contribution in [0.25, 0.3) is 21.3 Å². The smallest absolute Gasteiger partial charge is 0.489 e. The van der Waals surface area contributed by atoms with Crippen molar-refractivity contribution in [1.82, 2.24) is 9.53 Å². The summed E-state index contributed by atoms with van der Waals surface area (Å²) >= 11 is 7.98. The van der Waals surface area contributed by atoms with Crippen molar-refractivity contribution in [2.45, 2.75) is 37.6 Å². The van der Waals surface area contributed by atoms with Gasteiger partial charge in [0.15, 0.2) is 5.69 Å². The SMILES string of the molecule is COC(=O)c1nsc2cc(N3CC(c4ccc(OCc5c(-c6ccccc6OC(F)(F)F)noc5C5CC5)cc4Cl)C3)ccc12. The Morgan fingerprint density at radius 1 is 1.09 bits per heavy atom. The third kappa shape index (κ3) is 5.91. The maximum absolute atomic E-state index is 13.1. The molecule has 1 saturated heterocycles. The average molecular weight is 656 g/mol. The normalized spacial score (nSPS) is 15.3. The fourth-order valence-electron chi connectivity index (χ4n) is 5.55. The molecule has 2 aromatic heterocycles. The lowest BCUT2D eigenvalue weighted by atomic mass is 9.90. The zero-order valence-corrected chi connectivity index (χ0v) is 25.3. The van der Waals surface area contributed by atoms with E-state index in [2.05, 4.69) is 19.2 Å². The molecule has 232 valence electrons. The number of benzene rings is 3. The Morgan fingerprint density at radius 2 is 1.89 bits per heavy atom. The third-order valence-corrected chi connectivity index (χ3v) is 9.15. The number of halogens is 4. The first-order valence-electron chi connectivity index (χ1n) is 14.2. The van der Waals surface area contributed by atoms with Gasteiger partial charge in [-0.25, -0.2) is 4.79 Å². The van der Waals surface area contributed by atoms with Gasteiger partial charge >= 0.3 is 12.3 Å². The van der Waals surface area contributed by atoms with Gasteiger partial charge in [-0.1, -0.05) is 35.0 Å². The molecule has 1 aliphatic heterocycles. The highest BCUT2D eigenvalue weighted by atomic mass is 35.5. The number of carbonyl (C=O) groups excluding carboxylic acids is 1. The van der Waals surface area contributed by atoms with E-state index in [-0.39, 0.29) is 35.4 Å². The van der Waals surface area contributed by atoms with E-state index in [1.807, 2.05) is 30.3 Å². The molecule has 5 aromatic rings. The van der Waals surface area contributed by atoms with Crippen LogP contribution < -0.4 is 14.4 Å². The predicted molar refractivity (Wildman–Crippen MR) is 162 cm³/mol. The van der Waals surface area contributed by atoms with Crippen LogP contribution in [-0.4, -0.2) is 42.1 Å². The van der Waals surface area contributed by atoms with Crippen molar-refractivity contribution in [3.8, 4) is 22.8 Å². The van der Waals surface area contributed by atoms with Crippen molar-refractivity contribution in [2.75, 3.05) is 25.1 Å². The monoisotopic (exact) mass is 655 g/mol. The van der Waals surface area contributed by atoms with Gasteiger partial charge in [-0.3, -0.25) is 0 Å². The number of aromatic nitrogens is 2. The average Bonchev–Trinajstić information content (AvgIpc) is 3.61. The van der Waals surface area contributed by atoms with Crippen LogP contribution in [0.15, 0.2) is 65.2 Å². The highest BCUT2D eigenvalue weighted by Crippen LogP contribution is 2.46. The fourth-order valence-corrected chi connectivity index (χ4v) is 6.68. The highest BCUT2D eigenvalue weighted by Gasteiger charge is 2.36. The minimum Gasteiger partial charge on any atom is -0.489 e. The summed E-state index contributed by atoms with van der Waals surface area (Å²) in [6.45, 7) is 1.57. The number of nitrogens with zero attached hydrogens (tertiary/aromatic N) is 3. The molecule has 2 fully saturated rings. The predicted octanol–water partition coefficient (Wildman–Crippen LogP) is 8.35. The minimum absolute atomic E-state index is 0.0373. The summed E-state index contributed by atoms with van der Waals surface area (Å²) in [5.41, 5.74) is 3.37. The number of carbonyl (C=O) groups is 1. The number of fused-ring (bicyclic) bond motifs is 1. The third-order valence-electron chi connectivity index (χ3n) is 8.01. The number of methoxy groups -OCH3 is 1. The van der Waals surface area contributed by atoms with Gasteiger partial charge in [-0.15, -0.1) is 13.2 Å². The topological polar surface area (TPSA) is 86.9 Å². The van der Waals surface area contributed by atoms with Crippen molar-refractivity contribution in [1.29, 1.82) is 0 Å². The number of rotatable bonds is 9. The first kappa shape index (κ1) is 29.4. The van der Waals surface area contributed by atoms with Gasteiger partial charge < -0.3 is 23.6 Å². The molecule has 7 rings (SSSR count). The summed E-state index contributed by atoms with van der Waals surface area (Å²) < 4.78 is 65.2. The molecule has 0 atom stereocenters. The van der Waals surface area contributed by atoms with Gasteiger partial charge in [0.1, 0.15) is 29.6 Å². The first-order chi connectivity index (χ1) is 21.7. The van der Waals surface area contributed by atoms with E-state index < -0.39 is 12.3 Å². The van der Waals surface area contributed by atoms with Gasteiger partial charge in [0.25, 0.3) is 0 Å². The quantitative estimate of drug-likeness (QED) is 0.147. The van der Waals surface area contributed by atoms with E-state index in [1.165, 1.54) is 36.8 Å². The van der Waals surface area contributed by atoms with Crippen molar-refractivity contribution in [3.05, 3.63) is 88.3 Å². The summed E-state index contributed by atoms with van der Waals surface area (Å²) in [6.07, 6.45) is -3.03. The molecule has 1 aliphatic carbocycles. The molecule has 0 amide bonds. The molecule has 13 heteroatoms. The van der Waals surface area contributed by atoms with E-state index >= 15 is 0 Å². The Balaban J connectivity index is 1.04. The number of anilines is 1. The van der Waals surface area contributed by atoms with E-state index in [0.717, 1.165) is 47.3 Å². The van der Waals surface area contributed by atoms with Gasteiger partial charge in [0.05, 0.1) is 17.4 Å². The Bertz CT molecular complexity index is 1900. The summed E-state index contributed by atoms with van der Waals surface area (Å²) in [5.74, 6) is 0.686. The van der Waals surface area contributed by atoms with Crippen LogP contribution in [0.2, 0.25) is 5.02 Å².